The molecule has 7 nitrogen and oxygen atoms in total. The Kier molecular flexibility index (Phi) is 5.26. The van der Waals surface area contributed by atoms with E-state index in [9.17, 15) is 4.79 Å². The van der Waals surface area contributed by atoms with Gasteiger partial charge in [-0.1, -0.05) is 17.7 Å². The molecule has 0 aliphatic carbocycles. The Morgan fingerprint density at radius 1 is 1.15 bits per heavy atom. The third-order valence-electron chi connectivity index (χ3n) is 5.61. The summed E-state index contributed by atoms with van der Waals surface area (Å²) in [5.74, 6) is -0.453. The van der Waals surface area contributed by atoms with Crippen LogP contribution in [0.4, 0.5) is 0 Å². The minimum absolute atomic E-state index is 0.000120. The van der Waals surface area contributed by atoms with Gasteiger partial charge in [0.1, 0.15) is 5.04 Å². The number of aliphatic imine (C=N–C) groups is 1. The number of hydrogen-bond donors (Lipinski definition) is 1. The van der Waals surface area contributed by atoms with Gasteiger partial charge in [-0.05, 0) is 80.1 Å². The van der Waals surface area contributed by atoms with Gasteiger partial charge in [0, 0.05) is 40.1 Å². The largest absolute Gasteiger partial charge is 0.318 e. The van der Waals surface area contributed by atoms with Gasteiger partial charge in [0.25, 0.3) is 5.91 Å². The van der Waals surface area contributed by atoms with E-state index in [2.05, 4.69) is 19.6 Å². The second-order valence-electron chi connectivity index (χ2n) is 7.71. The Morgan fingerprint density at radius 2 is 1.97 bits per heavy atom. The van der Waals surface area contributed by atoms with Crippen molar-refractivity contribution in [2.45, 2.75) is 20.8 Å². The summed E-state index contributed by atoms with van der Waals surface area (Å²) < 4.78 is 2.10. The van der Waals surface area contributed by atoms with Gasteiger partial charge < -0.3 is 4.57 Å². The maximum absolute atomic E-state index is 12.8. The van der Waals surface area contributed by atoms with Crippen molar-refractivity contribution in [3.63, 3.8) is 0 Å². The molecule has 5 rings (SSSR count). The van der Waals surface area contributed by atoms with E-state index in [-0.39, 0.29) is 11.4 Å². The highest BCUT2D eigenvalue weighted by Gasteiger charge is 2.36. The third kappa shape index (κ3) is 3.61. The van der Waals surface area contributed by atoms with Gasteiger partial charge in [0.15, 0.2) is 5.84 Å². The lowest BCUT2D eigenvalue weighted by Gasteiger charge is -2.20. The van der Waals surface area contributed by atoms with E-state index < -0.39 is 5.91 Å². The van der Waals surface area contributed by atoms with E-state index in [0.29, 0.717) is 15.2 Å². The van der Waals surface area contributed by atoms with Crippen LogP contribution in [-0.4, -0.2) is 36.5 Å². The zero-order valence-corrected chi connectivity index (χ0v) is 19.7. The van der Waals surface area contributed by atoms with Gasteiger partial charge in [-0.25, -0.2) is 0 Å². The molecular weight excluding hydrogens is 456 g/mol. The molecule has 0 spiro atoms. The SMILES string of the molecule is Cc1c(Cl)cccc1-n1c(C)cc(/C=C2/C(=N)N3N=C(c4cccnc4)SC3=NC2=O)c1C. The van der Waals surface area contributed by atoms with E-state index in [1.165, 1.54) is 16.8 Å². The fraction of sp³-hybridized carbons (Fsp3) is 0.125. The van der Waals surface area contributed by atoms with Crippen LogP contribution >= 0.6 is 23.4 Å². The summed E-state index contributed by atoms with van der Waals surface area (Å²) in [5.41, 5.74) is 5.73. The van der Waals surface area contributed by atoms with Gasteiger partial charge in [0.05, 0.1) is 5.57 Å². The van der Waals surface area contributed by atoms with Crippen LogP contribution in [0, 0.1) is 26.2 Å². The average Bonchev–Trinajstić information content (AvgIpc) is 3.34. The van der Waals surface area contributed by atoms with Crippen LogP contribution in [0.2, 0.25) is 5.02 Å². The maximum atomic E-state index is 12.8. The standard InChI is InChI=1S/C24H19ClN6OS/c1-13-10-17(15(3)30(13)20-8-4-7-19(25)14(20)2)11-18-21(26)31-24(28-22(18)32)33-23(29-31)16-6-5-9-27-12-16/h4-12,26H,1-3H3/b18-11-,26-21?. The first-order valence-electron chi connectivity index (χ1n) is 10.2. The Hall–Kier alpha value is -3.49. The number of halogens is 1. The average molecular weight is 475 g/mol. The van der Waals surface area contributed by atoms with E-state index in [4.69, 9.17) is 17.0 Å². The second-order valence-corrected chi connectivity index (χ2v) is 9.08. The van der Waals surface area contributed by atoms with E-state index in [1.54, 1.807) is 18.5 Å². The Labute approximate surface area is 200 Å². The maximum Gasteiger partial charge on any atom is 0.283 e. The van der Waals surface area contributed by atoms with Crippen molar-refractivity contribution in [2.75, 3.05) is 0 Å². The lowest BCUT2D eigenvalue weighted by Crippen LogP contribution is -2.35. The molecule has 9 heteroatoms. The molecule has 2 aliphatic rings. The number of amides is 1. The summed E-state index contributed by atoms with van der Waals surface area (Å²) >= 11 is 7.59. The number of fused-ring (bicyclic) bond motifs is 1. The van der Waals surface area contributed by atoms with Gasteiger partial charge in [-0.15, -0.1) is 0 Å². The lowest BCUT2D eigenvalue weighted by molar-refractivity contribution is -0.114. The molecule has 1 N–H and O–H groups in total. The van der Waals surface area contributed by atoms with Crippen molar-refractivity contribution < 1.29 is 4.79 Å². The number of carbonyl (C=O) groups excluding carboxylic acids is 1. The van der Waals surface area contributed by atoms with Crippen molar-refractivity contribution in [1.82, 2.24) is 14.6 Å². The van der Waals surface area contributed by atoms with Crippen LogP contribution in [0.25, 0.3) is 11.8 Å². The molecule has 0 fully saturated rings. The number of thioether (sulfide) groups is 1. The van der Waals surface area contributed by atoms with Crippen LogP contribution in [0.3, 0.4) is 0 Å². The predicted octanol–water partition coefficient (Wildman–Crippen LogP) is 5.12. The number of hydrazone groups is 1. The summed E-state index contributed by atoms with van der Waals surface area (Å²) in [6.07, 6.45) is 5.09. The molecule has 0 unspecified atom stereocenters. The molecule has 4 heterocycles. The number of amidine groups is 2. The molecule has 0 saturated heterocycles. The van der Waals surface area contributed by atoms with Crippen molar-refractivity contribution in [3.05, 3.63) is 87.5 Å². The Balaban J connectivity index is 1.54. The zero-order valence-electron chi connectivity index (χ0n) is 18.1. The van der Waals surface area contributed by atoms with E-state index in [0.717, 1.165) is 33.8 Å². The highest BCUT2D eigenvalue weighted by Crippen LogP contribution is 2.32. The highest BCUT2D eigenvalue weighted by molar-refractivity contribution is 8.27. The van der Waals surface area contributed by atoms with E-state index in [1.807, 2.05) is 57.2 Å². The molecule has 164 valence electrons. The van der Waals surface area contributed by atoms with Crippen LogP contribution in [0.5, 0.6) is 0 Å². The minimum atomic E-state index is -0.454. The van der Waals surface area contributed by atoms with Crippen LogP contribution < -0.4 is 0 Å². The minimum Gasteiger partial charge on any atom is -0.318 e. The van der Waals surface area contributed by atoms with Gasteiger partial charge in [0.2, 0.25) is 5.17 Å². The number of benzene rings is 1. The van der Waals surface area contributed by atoms with Gasteiger partial charge in [-0.2, -0.15) is 15.1 Å². The fourth-order valence-corrected chi connectivity index (χ4v) is 4.95. The lowest BCUT2D eigenvalue weighted by atomic mass is 10.1. The van der Waals surface area contributed by atoms with Gasteiger partial charge in [-0.3, -0.25) is 15.2 Å². The number of carbonyl (C=O) groups is 1. The zero-order chi connectivity index (χ0) is 23.3. The highest BCUT2D eigenvalue weighted by atomic mass is 35.5. The van der Waals surface area contributed by atoms with Gasteiger partial charge >= 0.3 is 0 Å². The molecule has 1 aromatic carbocycles. The molecule has 1 amide bonds. The molecule has 2 aliphatic heterocycles. The third-order valence-corrected chi connectivity index (χ3v) is 6.98. The van der Waals surface area contributed by atoms with E-state index >= 15 is 0 Å². The summed E-state index contributed by atoms with van der Waals surface area (Å²) in [6, 6.07) is 11.5. The summed E-state index contributed by atoms with van der Waals surface area (Å²) in [6.45, 7) is 5.96. The topological polar surface area (TPSA) is 86.7 Å². The number of nitrogens with zero attached hydrogens (tertiary/aromatic N) is 5. The number of aromatic nitrogens is 2. The summed E-state index contributed by atoms with van der Waals surface area (Å²) in [5, 5.41) is 16.3. The van der Waals surface area contributed by atoms with Crippen LogP contribution in [0.1, 0.15) is 28.1 Å². The van der Waals surface area contributed by atoms with Crippen LogP contribution in [0.15, 0.2) is 64.5 Å². The van der Waals surface area contributed by atoms with Crippen molar-refractivity contribution in [1.29, 1.82) is 5.41 Å². The summed E-state index contributed by atoms with van der Waals surface area (Å²) in [7, 11) is 0. The fourth-order valence-electron chi connectivity index (χ4n) is 3.90. The summed E-state index contributed by atoms with van der Waals surface area (Å²) in [4.78, 5) is 21.1. The normalized spacial score (nSPS) is 16.8. The molecular formula is C24H19ClN6OS. The first-order valence-corrected chi connectivity index (χ1v) is 11.4. The number of hydrogen-bond acceptors (Lipinski definition) is 5. The molecule has 3 aromatic rings. The Bertz CT molecular complexity index is 1420. The quantitative estimate of drug-likeness (QED) is 0.534. The van der Waals surface area contributed by atoms with Crippen molar-refractivity contribution in [3.8, 4) is 5.69 Å². The first-order chi connectivity index (χ1) is 15.8. The number of aryl methyl sites for hydroxylation is 1. The number of nitrogens with one attached hydrogen (secondary N) is 1. The second kappa shape index (κ2) is 8.13. The number of rotatable bonds is 3. The monoisotopic (exact) mass is 474 g/mol. The molecule has 33 heavy (non-hydrogen) atoms. The van der Waals surface area contributed by atoms with Crippen molar-refractivity contribution >= 4 is 51.4 Å². The molecule has 2 aromatic heterocycles. The molecule has 0 bridgehead atoms. The predicted molar refractivity (Wildman–Crippen MR) is 133 cm³/mol. The van der Waals surface area contributed by atoms with Crippen LogP contribution in [-0.2, 0) is 4.79 Å². The smallest absolute Gasteiger partial charge is 0.283 e. The Morgan fingerprint density at radius 3 is 2.73 bits per heavy atom. The number of pyridine rings is 1. The first kappa shape index (κ1) is 21.4. The molecule has 0 saturated carbocycles. The molecule has 0 atom stereocenters. The van der Waals surface area contributed by atoms with Crippen molar-refractivity contribution in [2.24, 2.45) is 10.1 Å². The molecule has 0 radical (unpaired) electrons.